The van der Waals surface area contributed by atoms with Gasteiger partial charge in [-0.2, -0.15) is 0 Å². The molecule has 5 nitrogen and oxygen atoms in total. The largest absolute Gasteiger partial charge is 0.411 e. The molecule has 0 spiro atoms. The molecular weight excluding hydrogens is 230 g/mol. The maximum atomic E-state index is 11.2. The van der Waals surface area contributed by atoms with Gasteiger partial charge >= 0.3 is 0 Å². The van der Waals surface area contributed by atoms with Crippen LogP contribution in [0.2, 0.25) is 0 Å². The number of ether oxygens (including phenoxy) is 1. The van der Waals surface area contributed by atoms with Gasteiger partial charge in [-0.3, -0.25) is 0 Å². The maximum Gasteiger partial charge on any atom is 0.152 e. The van der Waals surface area contributed by atoms with E-state index >= 15 is 0 Å². The number of rotatable bonds is 2. The molecule has 1 saturated heterocycles. The summed E-state index contributed by atoms with van der Waals surface area (Å²) in [5.41, 5.74) is 0.818. The van der Waals surface area contributed by atoms with E-state index in [1.54, 1.807) is 0 Å². The highest BCUT2D eigenvalue weighted by molar-refractivity contribution is 7.91. The van der Waals surface area contributed by atoms with Crippen LogP contribution in [0.15, 0.2) is 5.16 Å². The van der Waals surface area contributed by atoms with Crippen LogP contribution in [-0.4, -0.2) is 43.1 Å². The highest BCUT2D eigenvalue weighted by atomic mass is 32.2. The number of nitrogens with zero attached hydrogens (tertiary/aromatic N) is 1. The van der Waals surface area contributed by atoms with Crippen LogP contribution in [0, 0.1) is 0 Å². The SMILES string of the molecule is O=S1(=O)CCC(OC2CCC(=NO)CC2)C1. The van der Waals surface area contributed by atoms with Gasteiger partial charge in [0.15, 0.2) is 9.84 Å². The molecule has 92 valence electrons. The fraction of sp³-hybridized carbons (Fsp3) is 0.900. The van der Waals surface area contributed by atoms with E-state index in [2.05, 4.69) is 5.16 Å². The molecule has 0 bridgehead atoms. The van der Waals surface area contributed by atoms with Gasteiger partial charge in [-0.15, -0.1) is 0 Å². The van der Waals surface area contributed by atoms with Gasteiger partial charge in [0.1, 0.15) is 0 Å². The fourth-order valence-electron chi connectivity index (χ4n) is 2.30. The van der Waals surface area contributed by atoms with Crippen LogP contribution < -0.4 is 0 Å². The first-order valence-corrected chi connectivity index (χ1v) is 7.47. The second-order valence-corrected chi connectivity index (χ2v) is 6.76. The van der Waals surface area contributed by atoms with Gasteiger partial charge in [0.05, 0.1) is 29.4 Å². The molecule has 2 aliphatic rings. The van der Waals surface area contributed by atoms with Crippen molar-refractivity contribution in [1.29, 1.82) is 0 Å². The number of oxime groups is 1. The normalized spacial score (nSPS) is 33.9. The van der Waals surface area contributed by atoms with Crippen molar-refractivity contribution in [2.75, 3.05) is 11.5 Å². The topological polar surface area (TPSA) is 76.0 Å². The second-order valence-electron chi connectivity index (χ2n) is 4.53. The van der Waals surface area contributed by atoms with Crippen LogP contribution in [0.4, 0.5) is 0 Å². The summed E-state index contributed by atoms with van der Waals surface area (Å²) in [5.74, 6) is 0.429. The minimum atomic E-state index is -2.85. The zero-order valence-corrected chi connectivity index (χ0v) is 9.95. The Bertz CT molecular complexity index is 366. The summed E-state index contributed by atoms with van der Waals surface area (Å²) in [6.07, 6.45) is 3.79. The lowest BCUT2D eigenvalue weighted by Crippen LogP contribution is -2.27. The highest BCUT2D eigenvalue weighted by Gasteiger charge is 2.31. The zero-order valence-electron chi connectivity index (χ0n) is 9.13. The molecule has 0 aromatic carbocycles. The van der Waals surface area contributed by atoms with E-state index < -0.39 is 9.84 Å². The van der Waals surface area contributed by atoms with Crippen molar-refractivity contribution in [2.45, 2.75) is 44.3 Å². The summed E-state index contributed by atoms with van der Waals surface area (Å²) in [4.78, 5) is 0. The van der Waals surface area contributed by atoms with E-state index in [9.17, 15) is 8.42 Å². The summed E-state index contributed by atoms with van der Waals surface area (Å²) >= 11 is 0. The van der Waals surface area contributed by atoms with Crippen molar-refractivity contribution < 1.29 is 18.4 Å². The molecule has 2 rings (SSSR count). The lowest BCUT2D eigenvalue weighted by atomic mass is 9.95. The molecule has 1 aliphatic carbocycles. The molecule has 1 aliphatic heterocycles. The van der Waals surface area contributed by atoms with Crippen molar-refractivity contribution in [1.82, 2.24) is 0 Å². The average Bonchev–Trinajstić information content (AvgIpc) is 2.59. The van der Waals surface area contributed by atoms with Crippen LogP contribution >= 0.6 is 0 Å². The fourth-order valence-corrected chi connectivity index (χ4v) is 3.90. The second kappa shape index (κ2) is 4.71. The summed E-state index contributed by atoms with van der Waals surface area (Å²) in [5, 5.41) is 11.8. The van der Waals surface area contributed by atoms with Crippen LogP contribution in [0.1, 0.15) is 32.1 Å². The van der Waals surface area contributed by atoms with E-state index in [4.69, 9.17) is 9.94 Å². The summed E-state index contributed by atoms with van der Waals surface area (Å²) in [6.45, 7) is 0. The highest BCUT2D eigenvalue weighted by Crippen LogP contribution is 2.24. The van der Waals surface area contributed by atoms with E-state index in [-0.39, 0.29) is 23.7 Å². The summed E-state index contributed by atoms with van der Waals surface area (Å²) < 4.78 is 28.3. The van der Waals surface area contributed by atoms with Crippen molar-refractivity contribution in [3.05, 3.63) is 0 Å². The Morgan fingerprint density at radius 2 is 1.88 bits per heavy atom. The van der Waals surface area contributed by atoms with Crippen molar-refractivity contribution in [2.24, 2.45) is 5.16 Å². The van der Waals surface area contributed by atoms with Gasteiger partial charge in [0.25, 0.3) is 0 Å². The van der Waals surface area contributed by atoms with E-state index in [1.165, 1.54) is 0 Å². The molecule has 0 radical (unpaired) electrons. The lowest BCUT2D eigenvalue weighted by Gasteiger charge is -2.25. The molecule has 1 N–H and O–H groups in total. The Labute approximate surface area is 95.4 Å². The Hall–Kier alpha value is -0.620. The number of hydrogen-bond acceptors (Lipinski definition) is 5. The van der Waals surface area contributed by atoms with Crippen LogP contribution in [0.3, 0.4) is 0 Å². The third kappa shape index (κ3) is 2.95. The molecule has 16 heavy (non-hydrogen) atoms. The Morgan fingerprint density at radius 1 is 1.19 bits per heavy atom. The molecular formula is C10H17NO4S. The monoisotopic (exact) mass is 247 g/mol. The van der Waals surface area contributed by atoms with Gasteiger partial charge in [-0.05, 0) is 32.1 Å². The van der Waals surface area contributed by atoms with Crippen LogP contribution in [-0.2, 0) is 14.6 Å². The predicted octanol–water partition coefficient (Wildman–Crippen LogP) is 0.963. The van der Waals surface area contributed by atoms with Gasteiger partial charge in [0.2, 0.25) is 0 Å². The van der Waals surface area contributed by atoms with Gasteiger partial charge < -0.3 is 9.94 Å². The first-order valence-electron chi connectivity index (χ1n) is 5.65. The molecule has 1 heterocycles. The van der Waals surface area contributed by atoms with Gasteiger partial charge in [0, 0.05) is 0 Å². The lowest BCUT2D eigenvalue weighted by molar-refractivity contribution is -0.00818. The molecule has 0 aromatic heterocycles. The van der Waals surface area contributed by atoms with Gasteiger partial charge in [-0.1, -0.05) is 5.16 Å². The molecule has 1 unspecified atom stereocenters. The predicted molar refractivity (Wildman–Crippen MR) is 59.6 cm³/mol. The minimum absolute atomic E-state index is 0.123. The third-order valence-electron chi connectivity index (χ3n) is 3.23. The smallest absolute Gasteiger partial charge is 0.152 e. The Morgan fingerprint density at radius 3 is 2.38 bits per heavy atom. The molecule has 0 amide bonds. The Kier molecular flexibility index (Phi) is 3.49. The molecule has 6 heteroatoms. The maximum absolute atomic E-state index is 11.2. The van der Waals surface area contributed by atoms with E-state index in [1.807, 2.05) is 0 Å². The average molecular weight is 247 g/mol. The van der Waals surface area contributed by atoms with Crippen molar-refractivity contribution in [3.63, 3.8) is 0 Å². The standard InChI is InChI=1S/C10H17NO4S/c12-11-8-1-3-9(4-2-8)15-10-5-6-16(13,14)7-10/h9-10,12H,1-7H2. The zero-order chi connectivity index (χ0) is 11.6. The molecule has 0 aromatic rings. The summed E-state index contributed by atoms with van der Waals surface area (Å²) in [7, 11) is -2.85. The molecule has 1 saturated carbocycles. The first-order chi connectivity index (χ1) is 7.59. The van der Waals surface area contributed by atoms with Gasteiger partial charge in [-0.25, -0.2) is 8.42 Å². The van der Waals surface area contributed by atoms with E-state index in [0.29, 0.717) is 6.42 Å². The van der Waals surface area contributed by atoms with Crippen LogP contribution in [0.25, 0.3) is 0 Å². The van der Waals surface area contributed by atoms with E-state index in [0.717, 1.165) is 31.4 Å². The number of hydrogen-bond donors (Lipinski definition) is 1. The van der Waals surface area contributed by atoms with Crippen molar-refractivity contribution >= 4 is 15.5 Å². The molecule has 2 fully saturated rings. The summed E-state index contributed by atoms with van der Waals surface area (Å²) in [6, 6.07) is 0. The van der Waals surface area contributed by atoms with Crippen LogP contribution in [0.5, 0.6) is 0 Å². The Balaban J connectivity index is 1.80. The van der Waals surface area contributed by atoms with Crippen molar-refractivity contribution in [3.8, 4) is 0 Å². The first kappa shape index (κ1) is 11.9. The number of sulfone groups is 1. The minimum Gasteiger partial charge on any atom is -0.411 e. The molecule has 1 atom stereocenters. The quantitative estimate of drug-likeness (QED) is 0.582. The third-order valence-corrected chi connectivity index (χ3v) is 4.96.